The summed E-state index contributed by atoms with van der Waals surface area (Å²) in [6.45, 7) is 1.53. The molecule has 0 saturated carbocycles. The Balaban J connectivity index is 1.49. The van der Waals surface area contributed by atoms with Crippen LogP contribution < -0.4 is 16.0 Å². The average Bonchev–Trinajstić information content (AvgIpc) is 2.57. The minimum atomic E-state index is -0.215. The van der Waals surface area contributed by atoms with E-state index in [1.165, 1.54) is 5.56 Å². The molecule has 1 aromatic carbocycles. The van der Waals surface area contributed by atoms with Crippen molar-refractivity contribution in [3.8, 4) is 0 Å². The molecule has 120 valence electrons. The number of aromatic nitrogens is 1. The van der Waals surface area contributed by atoms with E-state index in [2.05, 4.69) is 42.9 Å². The molecule has 0 saturated heterocycles. The number of fused-ring (bicyclic) bond motifs is 1. The van der Waals surface area contributed by atoms with Gasteiger partial charge in [-0.05, 0) is 52.5 Å². The molecule has 0 atom stereocenters. The van der Waals surface area contributed by atoms with Gasteiger partial charge in [-0.15, -0.1) is 0 Å². The van der Waals surface area contributed by atoms with E-state index in [9.17, 15) is 4.79 Å². The molecule has 0 unspecified atom stereocenters. The van der Waals surface area contributed by atoms with Crippen LogP contribution in [0.15, 0.2) is 40.9 Å². The van der Waals surface area contributed by atoms with Crippen molar-refractivity contribution in [2.45, 2.75) is 19.3 Å². The lowest BCUT2D eigenvalue weighted by atomic mass is 10.1. The first-order valence-corrected chi connectivity index (χ1v) is 8.54. The number of benzene rings is 1. The maximum absolute atomic E-state index is 11.9. The second kappa shape index (κ2) is 7.46. The van der Waals surface area contributed by atoms with Crippen LogP contribution >= 0.6 is 15.9 Å². The number of anilines is 2. The molecule has 0 fully saturated rings. The number of hydrogen-bond donors (Lipinski definition) is 3. The topological polar surface area (TPSA) is 66.0 Å². The van der Waals surface area contributed by atoms with Crippen molar-refractivity contribution in [3.63, 3.8) is 0 Å². The molecule has 1 aromatic heterocycles. The van der Waals surface area contributed by atoms with E-state index in [0.29, 0.717) is 13.0 Å². The Morgan fingerprint density at radius 1 is 1.26 bits per heavy atom. The van der Waals surface area contributed by atoms with Crippen molar-refractivity contribution < 1.29 is 4.79 Å². The summed E-state index contributed by atoms with van der Waals surface area (Å²) >= 11 is 3.41. The lowest BCUT2D eigenvalue weighted by molar-refractivity contribution is 0.252. The number of halogens is 1. The van der Waals surface area contributed by atoms with Crippen molar-refractivity contribution >= 4 is 33.5 Å². The van der Waals surface area contributed by atoms with Gasteiger partial charge in [0.25, 0.3) is 0 Å². The Kier molecular flexibility index (Phi) is 5.12. The normalized spacial score (nSPS) is 12.9. The Morgan fingerprint density at radius 2 is 2.13 bits per heavy atom. The Morgan fingerprint density at radius 3 is 3.00 bits per heavy atom. The van der Waals surface area contributed by atoms with Crippen LogP contribution in [-0.2, 0) is 12.8 Å². The molecule has 3 N–H and O–H groups in total. The number of aryl methyl sites for hydroxylation is 1. The van der Waals surface area contributed by atoms with Crippen LogP contribution in [0.1, 0.15) is 17.7 Å². The van der Waals surface area contributed by atoms with E-state index in [-0.39, 0.29) is 6.03 Å². The van der Waals surface area contributed by atoms with Gasteiger partial charge < -0.3 is 16.0 Å². The zero-order valence-corrected chi connectivity index (χ0v) is 14.3. The summed E-state index contributed by atoms with van der Waals surface area (Å²) in [5, 5.41) is 9.00. The Hall–Kier alpha value is -2.08. The maximum atomic E-state index is 11.9. The lowest BCUT2D eigenvalue weighted by Gasteiger charge is -2.17. The van der Waals surface area contributed by atoms with E-state index >= 15 is 0 Å². The number of nitrogens with one attached hydrogen (secondary N) is 3. The predicted molar refractivity (Wildman–Crippen MR) is 95.9 cm³/mol. The first-order valence-electron chi connectivity index (χ1n) is 7.74. The third-order valence-electron chi connectivity index (χ3n) is 3.74. The van der Waals surface area contributed by atoms with Gasteiger partial charge in [0.1, 0.15) is 5.82 Å². The van der Waals surface area contributed by atoms with Gasteiger partial charge in [-0.2, -0.15) is 0 Å². The van der Waals surface area contributed by atoms with Gasteiger partial charge in [-0.1, -0.05) is 18.2 Å². The quantitative estimate of drug-likeness (QED) is 0.766. The number of pyridine rings is 1. The average molecular weight is 375 g/mol. The number of hydrogen-bond acceptors (Lipinski definition) is 3. The van der Waals surface area contributed by atoms with Crippen molar-refractivity contribution in [2.24, 2.45) is 0 Å². The first kappa shape index (κ1) is 15.8. The van der Waals surface area contributed by atoms with Gasteiger partial charge in [0, 0.05) is 29.7 Å². The number of para-hydroxylation sites is 1. The molecule has 2 amide bonds. The van der Waals surface area contributed by atoms with Crippen LogP contribution in [-0.4, -0.2) is 24.1 Å². The molecule has 5 nitrogen and oxygen atoms in total. The molecule has 1 aliphatic heterocycles. The maximum Gasteiger partial charge on any atom is 0.319 e. The summed E-state index contributed by atoms with van der Waals surface area (Å²) in [4.78, 5) is 16.5. The predicted octanol–water partition coefficient (Wildman–Crippen LogP) is 3.57. The lowest BCUT2D eigenvalue weighted by Crippen LogP contribution is -2.30. The molecule has 6 heteroatoms. The third-order valence-corrected chi connectivity index (χ3v) is 4.43. The summed E-state index contributed by atoms with van der Waals surface area (Å²) in [6, 6.07) is 11.5. The summed E-state index contributed by atoms with van der Waals surface area (Å²) < 4.78 is 0.859. The molecule has 0 aliphatic carbocycles. The standard InChI is InChI=1S/C17H19BrN4O/c18-14-5-1-2-6-15(14)22-17(23)20-11-9-13-8-7-12-4-3-10-19-16(12)21-13/h1-2,5-8H,3-4,9-11H2,(H,19,21)(H2,20,22,23). The van der Waals surface area contributed by atoms with Gasteiger partial charge in [-0.25, -0.2) is 9.78 Å². The number of amides is 2. The smallest absolute Gasteiger partial charge is 0.319 e. The summed E-state index contributed by atoms with van der Waals surface area (Å²) in [6.07, 6.45) is 2.95. The highest BCUT2D eigenvalue weighted by molar-refractivity contribution is 9.10. The number of urea groups is 1. The number of rotatable bonds is 4. The molecule has 0 radical (unpaired) electrons. The van der Waals surface area contributed by atoms with Crippen LogP contribution in [0, 0.1) is 0 Å². The molecule has 23 heavy (non-hydrogen) atoms. The second-order valence-electron chi connectivity index (χ2n) is 5.45. The van der Waals surface area contributed by atoms with Crippen molar-refractivity contribution in [1.29, 1.82) is 0 Å². The fourth-order valence-corrected chi connectivity index (χ4v) is 2.93. The molecule has 0 spiro atoms. The highest BCUT2D eigenvalue weighted by Crippen LogP contribution is 2.21. The van der Waals surface area contributed by atoms with Gasteiger partial charge in [0.05, 0.1) is 5.69 Å². The van der Waals surface area contributed by atoms with Crippen LogP contribution in [0.4, 0.5) is 16.3 Å². The molecule has 0 bridgehead atoms. The minimum Gasteiger partial charge on any atom is -0.370 e. The van der Waals surface area contributed by atoms with Gasteiger partial charge >= 0.3 is 6.03 Å². The summed E-state index contributed by atoms with van der Waals surface area (Å²) in [7, 11) is 0. The monoisotopic (exact) mass is 374 g/mol. The van der Waals surface area contributed by atoms with Crippen molar-refractivity contribution in [1.82, 2.24) is 10.3 Å². The zero-order chi connectivity index (χ0) is 16.1. The zero-order valence-electron chi connectivity index (χ0n) is 12.7. The van der Waals surface area contributed by atoms with E-state index in [1.54, 1.807) is 0 Å². The van der Waals surface area contributed by atoms with E-state index in [0.717, 1.165) is 41.1 Å². The minimum absolute atomic E-state index is 0.215. The molecule has 1 aliphatic rings. The number of nitrogens with zero attached hydrogens (tertiary/aromatic N) is 1. The summed E-state index contributed by atoms with van der Waals surface area (Å²) in [5.41, 5.74) is 3.01. The largest absolute Gasteiger partial charge is 0.370 e. The molecule has 2 heterocycles. The molecular formula is C17H19BrN4O. The summed E-state index contributed by atoms with van der Waals surface area (Å²) in [5.74, 6) is 0.992. The fraction of sp³-hybridized carbons (Fsp3) is 0.294. The second-order valence-corrected chi connectivity index (χ2v) is 6.31. The fourth-order valence-electron chi connectivity index (χ4n) is 2.54. The number of carbonyl (C=O) groups excluding carboxylic acids is 1. The van der Waals surface area contributed by atoms with Crippen LogP contribution in [0.3, 0.4) is 0 Å². The number of carbonyl (C=O) groups is 1. The Bertz CT molecular complexity index is 705. The van der Waals surface area contributed by atoms with Crippen molar-refractivity contribution in [2.75, 3.05) is 23.7 Å². The van der Waals surface area contributed by atoms with E-state index in [4.69, 9.17) is 0 Å². The van der Waals surface area contributed by atoms with Crippen LogP contribution in [0.2, 0.25) is 0 Å². The van der Waals surface area contributed by atoms with Crippen LogP contribution in [0.25, 0.3) is 0 Å². The van der Waals surface area contributed by atoms with Crippen LogP contribution in [0.5, 0.6) is 0 Å². The van der Waals surface area contributed by atoms with E-state index < -0.39 is 0 Å². The first-order chi connectivity index (χ1) is 11.2. The van der Waals surface area contributed by atoms with Gasteiger partial charge in [0.2, 0.25) is 0 Å². The van der Waals surface area contributed by atoms with E-state index in [1.807, 2.05) is 30.3 Å². The van der Waals surface area contributed by atoms with Gasteiger partial charge in [-0.3, -0.25) is 0 Å². The Labute approximate surface area is 144 Å². The molecule has 3 rings (SSSR count). The van der Waals surface area contributed by atoms with Gasteiger partial charge in [0.15, 0.2) is 0 Å². The third kappa shape index (κ3) is 4.22. The molecule has 2 aromatic rings. The van der Waals surface area contributed by atoms with Crippen molar-refractivity contribution in [3.05, 3.63) is 52.1 Å². The molecular weight excluding hydrogens is 356 g/mol. The SMILES string of the molecule is O=C(NCCc1ccc2c(n1)NCCC2)Nc1ccccc1Br. The highest BCUT2D eigenvalue weighted by Gasteiger charge is 2.10. The highest BCUT2D eigenvalue weighted by atomic mass is 79.9.